The summed E-state index contributed by atoms with van der Waals surface area (Å²) < 4.78 is 53.1. The number of sulfonamides is 1. The van der Waals surface area contributed by atoms with Gasteiger partial charge in [-0.25, -0.2) is 17.2 Å². The lowest BCUT2D eigenvalue weighted by Crippen LogP contribution is -2.34. The number of carbonyl (C=O) groups excluding carboxylic acids is 1. The fraction of sp³-hybridized carbons (Fsp3) is 0.133. The van der Waals surface area contributed by atoms with Crippen LogP contribution in [0.5, 0.6) is 0 Å². The molecule has 0 heterocycles. The summed E-state index contributed by atoms with van der Waals surface area (Å²) in [4.78, 5) is 10.3. The van der Waals surface area contributed by atoms with Crippen LogP contribution in [0.25, 0.3) is 0 Å². The third kappa shape index (κ3) is 3.84. The second kappa shape index (κ2) is 6.74. The van der Waals surface area contributed by atoms with Crippen molar-refractivity contribution in [3.05, 3.63) is 60.2 Å². The summed E-state index contributed by atoms with van der Waals surface area (Å²) in [6.45, 7) is -0.251. The van der Waals surface area contributed by atoms with Crippen LogP contribution in [-0.2, 0) is 14.8 Å². The van der Waals surface area contributed by atoms with Gasteiger partial charge < -0.3 is 5.73 Å². The normalized spacial score (nSPS) is 11.2. The van der Waals surface area contributed by atoms with Gasteiger partial charge in [0, 0.05) is 19.0 Å². The summed E-state index contributed by atoms with van der Waals surface area (Å²) in [5, 5.41) is 0. The number of halogens is 2. The third-order valence-corrected chi connectivity index (χ3v) is 4.93. The molecule has 2 rings (SSSR count). The summed E-state index contributed by atoms with van der Waals surface area (Å²) in [7, 11) is -4.31. The monoisotopic (exact) mass is 340 g/mol. The van der Waals surface area contributed by atoms with Gasteiger partial charge in [0.05, 0.1) is 5.69 Å². The Balaban J connectivity index is 2.50. The van der Waals surface area contributed by atoms with E-state index in [1.807, 2.05) is 0 Å². The molecule has 1 amide bonds. The van der Waals surface area contributed by atoms with E-state index in [9.17, 15) is 22.0 Å². The van der Waals surface area contributed by atoms with Gasteiger partial charge in [-0.2, -0.15) is 0 Å². The first kappa shape index (κ1) is 16.9. The van der Waals surface area contributed by atoms with E-state index in [0.29, 0.717) is 6.07 Å². The van der Waals surface area contributed by atoms with E-state index < -0.39 is 32.5 Å². The molecule has 0 bridgehead atoms. The van der Waals surface area contributed by atoms with Gasteiger partial charge >= 0.3 is 0 Å². The van der Waals surface area contributed by atoms with Crippen molar-refractivity contribution in [3.8, 4) is 0 Å². The molecule has 0 aliphatic rings. The van der Waals surface area contributed by atoms with Crippen molar-refractivity contribution in [3.63, 3.8) is 0 Å². The molecule has 0 spiro atoms. The van der Waals surface area contributed by atoms with E-state index in [4.69, 9.17) is 5.73 Å². The summed E-state index contributed by atoms with van der Waals surface area (Å²) >= 11 is 0. The van der Waals surface area contributed by atoms with Crippen molar-refractivity contribution in [2.75, 3.05) is 10.8 Å². The Hall–Kier alpha value is -2.48. The molecule has 2 N–H and O–H groups in total. The highest BCUT2D eigenvalue weighted by molar-refractivity contribution is 7.92. The second-order valence-electron chi connectivity index (χ2n) is 4.70. The molecule has 0 saturated carbocycles. The number of carbonyl (C=O) groups is 1. The van der Waals surface area contributed by atoms with Crippen molar-refractivity contribution in [2.45, 2.75) is 11.3 Å². The average Bonchev–Trinajstić information content (AvgIpc) is 2.47. The molecule has 0 saturated heterocycles. The lowest BCUT2D eigenvalue weighted by molar-refractivity contribution is -0.117. The summed E-state index contributed by atoms with van der Waals surface area (Å²) in [6.07, 6.45) is -0.239. The SMILES string of the molecule is NC(=O)CCN(c1ccccc1)S(=O)(=O)c1ccc(F)cc1F. The van der Waals surface area contributed by atoms with Gasteiger partial charge in [0.25, 0.3) is 10.0 Å². The Bertz CT molecular complexity index is 811. The van der Waals surface area contributed by atoms with Crippen LogP contribution in [0.3, 0.4) is 0 Å². The first-order valence-electron chi connectivity index (χ1n) is 6.63. The van der Waals surface area contributed by atoms with E-state index >= 15 is 0 Å². The lowest BCUT2D eigenvalue weighted by atomic mass is 10.3. The molecule has 0 aromatic heterocycles. The van der Waals surface area contributed by atoms with Gasteiger partial charge in [-0.15, -0.1) is 0 Å². The number of anilines is 1. The molecule has 0 fully saturated rings. The maximum atomic E-state index is 13.9. The molecular formula is C15H14F2N2O3S. The minimum absolute atomic E-state index is 0.239. The minimum Gasteiger partial charge on any atom is -0.370 e. The van der Waals surface area contributed by atoms with Gasteiger partial charge in [0.15, 0.2) is 0 Å². The fourth-order valence-electron chi connectivity index (χ4n) is 2.00. The Labute approximate surface area is 132 Å². The Morgan fingerprint density at radius 2 is 1.74 bits per heavy atom. The fourth-order valence-corrected chi connectivity index (χ4v) is 3.51. The van der Waals surface area contributed by atoms with Crippen LogP contribution in [0.1, 0.15) is 6.42 Å². The van der Waals surface area contributed by atoms with Crippen LogP contribution in [0, 0.1) is 11.6 Å². The van der Waals surface area contributed by atoms with Gasteiger partial charge in [0.1, 0.15) is 16.5 Å². The molecule has 0 radical (unpaired) electrons. The van der Waals surface area contributed by atoms with Crippen LogP contribution in [0.4, 0.5) is 14.5 Å². The molecule has 0 aliphatic heterocycles. The van der Waals surface area contributed by atoms with Crippen LogP contribution >= 0.6 is 0 Å². The average molecular weight is 340 g/mol. The number of nitrogens with zero attached hydrogens (tertiary/aromatic N) is 1. The lowest BCUT2D eigenvalue weighted by Gasteiger charge is -2.24. The molecule has 5 nitrogen and oxygen atoms in total. The number of primary amides is 1. The van der Waals surface area contributed by atoms with E-state index in [1.54, 1.807) is 18.2 Å². The van der Waals surface area contributed by atoms with Crippen LogP contribution in [-0.4, -0.2) is 20.9 Å². The van der Waals surface area contributed by atoms with Crippen LogP contribution < -0.4 is 10.0 Å². The molecule has 2 aromatic carbocycles. The zero-order chi connectivity index (χ0) is 17.0. The predicted octanol–water partition coefficient (Wildman–Crippen LogP) is 2.04. The first-order chi connectivity index (χ1) is 10.8. The first-order valence-corrected chi connectivity index (χ1v) is 8.07. The standard InChI is InChI=1S/C15H14F2N2O3S/c16-11-6-7-14(13(17)10-11)23(21,22)19(9-8-15(18)20)12-4-2-1-3-5-12/h1-7,10H,8-9H2,(H2,18,20). The number of hydrogen-bond donors (Lipinski definition) is 1. The maximum Gasteiger partial charge on any atom is 0.267 e. The largest absolute Gasteiger partial charge is 0.370 e. The maximum absolute atomic E-state index is 13.9. The molecular weight excluding hydrogens is 326 g/mol. The van der Waals surface area contributed by atoms with Crippen LogP contribution in [0.15, 0.2) is 53.4 Å². The molecule has 0 unspecified atom stereocenters. The zero-order valence-electron chi connectivity index (χ0n) is 11.9. The molecule has 0 aliphatic carbocycles. The number of benzene rings is 2. The number of nitrogens with two attached hydrogens (primary N) is 1. The summed E-state index contributed by atoms with van der Waals surface area (Å²) in [5.74, 6) is -2.78. The molecule has 0 atom stereocenters. The van der Waals surface area contributed by atoms with Gasteiger partial charge in [-0.1, -0.05) is 18.2 Å². The summed E-state index contributed by atoms with van der Waals surface area (Å²) in [6, 6.07) is 10.1. The topological polar surface area (TPSA) is 80.5 Å². The van der Waals surface area contributed by atoms with Gasteiger partial charge in [-0.3, -0.25) is 9.10 Å². The quantitative estimate of drug-likeness (QED) is 0.874. The predicted molar refractivity (Wildman–Crippen MR) is 81.1 cm³/mol. The smallest absolute Gasteiger partial charge is 0.267 e. The number of hydrogen-bond acceptors (Lipinski definition) is 3. The van der Waals surface area contributed by atoms with E-state index in [0.717, 1.165) is 16.4 Å². The zero-order valence-corrected chi connectivity index (χ0v) is 12.8. The van der Waals surface area contributed by atoms with Gasteiger partial charge in [-0.05, 0) is 24.3 Å². The number of rotatable bonds is 6. The Morgan fingerprint density at radius 3 is 2.30 bits per heavy atom. The highest BCUT2D eigenvalue weighted by Crippen LogP contribution is 2.25. The highest BCUT2D eigenvalue weighted by atomic mass is 32.2. The van der Waals surface area contributed by atoms with Crippen molar-refractivity contribution in [2.24, 2.45) is 5.73 Å². The molecule has 8 heteroatoms. The second-order valence-corrected chi connectivity index (χ2v) is 6.53. The number of para-hydroxylation sites is 1. The summed E-state index contributed by atoms with van der Waals surface area (Å²) in [5.41, 5.74) is 5.31. The van der Waals surface area contributed by atoms with E-state index in [2.05, 4.69) is 0 Å². The molecule has 122 valence electrons. The molecule has 2 aromatic rings. The van der Waals surface area contributed by atoms with Crippen LogP contribution in [0.2, 0.25) is 0 Å². The Morgan fingerprint density at radius 1 is 1.09 bits per heavy atom. The number of amides is 1. The van der Waals surface area contributed by atoms with Crippen molar-refractivity contribution in [1.82, 2.24) is 0 Å². The van der Waals surface area contributed by atoms with Gasteiger partial charge in [0.2, 0.25) is 5.91 Å². The van der Waals surface area contributed by atoms with E-state index in [-0.39, 0.29) is 18.7 Å². The highest BCUT2D eigenvalue weighted by Gasteiger charge is 2.28. The van der Waals surface area contributed by atoms with E-state index in [1.165, 1.54) is 12.1 Å². The minimum atomic E-state index is -4.31. The van der Waals surface area contributed by atoms with Crippen molar-refractivity contribution < 1.29 is 22.0 Å². The van der Waals surface area contributed by atoms with Crippen molar-refractivity contribution in [1.29, 1.82) is 0 Å². The van der Waals surface area contributed by atoms with Crippen molar-refractivity contribution >= 4 is 21.6 Å². The Kier molecular flexibility index (Phi) is 4.95. The molecule has 23 heavy (non-hydrogen) atoms. The third-order valence-electron chi connectivity index (χ3n) is 3.07.